The minimum Gasteiger partial charge on any atom is -0.392 e. The summed E-state index contributed by atoms with van der Waals surface area (Å²) in [6, 6.07) is 2.04. The van der Waals surface area contributed by atoms with Gasteiger partial charge >= 0.3 is 0 Å². The second-order valence-corrected chi connectivity index (χ2v) is 7.32. The summed E-state index contributed by atoms with van der Waals surface area (Å²) in [6.07, 6.45) is 1.96. The second-order valence-electron chi connectivity index (χ2n) is 5.17. The molecule has 0 bridgehead atoms. The van der Waals surface area contributed by atoms with Crippen molar-refractivity contribution in [2.24, 2.45) is 5.41 Å². The predicted molar refractivity (Wildman–Crippen MR) is 69.9 cm³/mol. The van der Waals surface area contributed by atoms with Crippen LogP contribution >= 0.6 is 11.6 Å². The molecule has 0 saturated heterocycles. The molecular weight excluding hydrogens is 293 g/mol. The summed E-state index contributed by atoms with van der Waals surface area (Å²) in [6.45, 7) is 1.79. The van der Waals surface area contributed by atoms with Crippen molar-refractivity contribution in [1.82, 2.24) is 4.72 Å². The van der Waals surface area contributed by atoms with E-state index in [0.717, 1.165) is 18.9 Å². The van der Waals surface area contributed by atoms with E-state index in [1.54, 1.807) is 0 Å². The zero-order valence-electron chi connectivity index (χ0n) is 10.4. The third-order valence-electron chi connectivity index (χ3n) is 3.35. The molecule has 0 unspecified atom stereocenters. The van der Waals surface area contributed by atoms with Crippen LogP contribution in [0.2, 0.25) is 5.02 Å². The summed E-state index contributed by atoms with van der Waals surface area (Å²) in [5.41, 5.74) is 0.0670. The van der Waals surface area contributed by atoms with Gasteiger partial charge in [-0.05, 0) is 30.4 Å². The SMILES string of the molecule is CC1(CNS(=O)(=O)c2cc(F)c(Cl)c(CO)c2)CC1. The van der Waals surface area contributed by atoms with Crippen LogP contribution in [0, 0.1) is 11.2 Å². The molecule has 19 heavy (non-hydrogen) atoms. The van der Waals surface area contributed by atoms with Crippen LogP contribution in [-0.4, -0.2) is 20.1 Å². The second kappa shape index (κ2) is 5.01. The fourth-order valence-electron chi connectivity index (χ4n) is 1.63. The minimum absolute atomic E-state index is 0.0118. The van der Waals surface area contributed by atoms with E-state index in [1.165, 1.54) is 6.07 Å². The van der Waals surface area contributed by atoms with Crippen LogP contribution in [0.25, 0.3) is 0 Å². The summed E-state index contributed by atoms with van der Waals surface area (Å²) in [5.74, 6) is -0.855. The Bertz CT molecular complexity index is 599. The quantitative estimate of drug-likeness (QED) is 0.875. The highest BCUT2D eigenvalue weighted by Gasteiger charge is 2.38. The van der Waals surface area contributed by atoms with E-state index in [1.807, 2.05) is 6.92 Å². The summed E-state index contributed by atoms with van der Waals surface area (Å²) >= 11 is 5.62. The van der Waals surface area contributed by atoms with E-state index in [2.05, 4.69) is 4.72 Å². The maximum Gasteiger partial charge on any atom is 0.240 e. The van der Waals surface area contributed by atoms with Gasteiger partial charge in [0.15, 0.2) is 0 Å². The van der Waals surface area contributed by atoms with Gasteiger partial charge in [0.05, 0.1) is 16.5 Å². The van der Waals surface area contributed by atoms with Gasteiger partial charge < -0.3 is 5.11 Å². The molecule has 4 nitrogen and oxygen atoms in total. The van der Waals surface area contributed by atoms with Gasteiger partial charge in [-0.15, -0.1) is 0 Å². The molecule has 0 radical (unpaired) electrons. The maximum atomic E-state index is 13.5. The van der Waals surface area contributed by atoms with Crippen LogP contribution in [0.4, 0.5) is 4.39 Å². The number of aliphatic hydroxyl groups excluding tert-OH is 1. The number of sulfonamides is 1. The number of hydrogen-bond acceptors (Lipinski definition) is 3. The average molecular weight is 308 g/mol. The Balaban J connectivity index is 2.26. The van der Waals surface area contributed by atoms with Gasteiger partial charge in [-0.3, -0.25) is 0 Å². The molecule has 0 atom stereocenters. The van der Waals surface area contributed by atoms with Gasteiger partial charge in [0, 0.05) is 12.1 Å². The molecule has 0 amide bonds. The van der Waals surface area contributed by atoms with Crippen LogP contribution < -0.4 is 4.72 Å². The molecule has 0 spiro atoms. The topological polar surface area (TPSA) is 66.4 Å². The van der Waals surface area contributed by atoms with E-state index in [4.69, 9.17) is 16.7 Å². The lowest BCUT2D eigenvalue weighted by Crippen LogP contribution is -2.29. The first-order valence-electron chi connectivity index (χ1n) is 5.86. The minimum atomic E-state index is -3.79. The maximum absolute atomic E-state index is 13.5. The van der Waals surface area contributed by atoms with Crippen molar-refractivity contribution < 1.29 is 17.9 Å². The van der Waals surface area contributed by atoms with Crippen molar-refractivity contribution in [3.05, 3.63) is 28.5 Å². The molecule has 1 aliphatic rings. The molecule has 106 valence electrons. The Morgan fingerprint density at radius 3 is 2.63 bits per heavy atom. The molecular formula is C12H15ClFNO3S. The summed E-state index contributed by atoms with van der Waals surface area (Å²) < 4.78 is 40.0. The highest BCUT2D eigenvalue weighted by atomic mass is 35.5. The molecule has 1 aromatic rings. The third-order valence-corrected chi connectivity index (χ3v) is 5.15. The number of rotatable bonds is 5. The summed E-state index contributed by atoms with van der Waals surface area (Å²) in [4.78, 5) is -0.220. The van der Waals surface area contributed by atoms with Crippen LogP contribution in [-0.2, 0) is 16.6 Å². The highest BCUT2D eigenvalue weighted by Crippen LogP contribution is 2.44. The van der Waals surface area contributed by atoms with E-state index in [-0.39, 0.29) is 20.9 Å². The van der Waals surface area contributed by atoms with Crippen LogP contribution in [0.3, 0.4) is 0 Å². The van der Waals surface area contributed by atoms with Gasteiger partial charge in [-0.2, -0.15) is 0 Å². The fourth-order valence-corrected chi connectivity index (χ4v) is 3.06. The van der Waals surface area contributed by atoms with Crippen molar-refractivity contribution in [3.8, 4) is 0 Å². The summed E-state index contributed by atoms with van der Waals surface area (Å²) in [7, 11) is -3.79. The van der Waals surface area contributed by atoms with Crippen molar-refractivity contribution in [2.45, 2.75) is 31.3 Å². The summed E-state index contributed by atoms with van der Waals surface area (Å²) in [5, 5.41) is 8.78. The molecule has 1 fully saturated rings. The molecule has 7 heteroatoms. The predicted octanol–water partition coefficient (Wildman–Crippen LogP) is 2.05. The number of halogens is 2. The number of benzene rings is 1. The smallest absolute Gasteiger partial charge is 0.240 e. The van der Waals surface area contributed by atoms with E-state index >= 15 is 0 Å². The molecule has 0 aliphatic heterocycles. The largest absolute Gasteiger partial charge is 0.392 e. The number of hydrogen-bond donors (Lipinski definition) is 2. The third kappa shape index (κ3) is 3.25. The zero-order valence-corrected chi connectivity index (χ0v) is 12.0. The van der Waals surface area contributed by atoms with Crippen molar-refractivity contribution >= 4 is 21.6 Å². The molecule has 0 heterocycles. The number of nitrogens with one attached hydrogen (secondary N) is 1. The van der Waals surface area contributed by atoms with Crippen molar-refractivity contribution in [3.63, 3.8) is 0 Å². The lowest BCUT2D eigenvalue weighted by molar-refractivity contribution is 0.281. The van der Waals surface area contributed by atoms with Gasteiger partial charge in [0.25, 0.3) is 0 Å². The van der Waals surface area contributed by atoms with Crippen molar-refractivity contribution in [1.29, 1.82) is 0 Å². The average Bonchev–Trinajstić information content (AvgIpc) is 3.09. The molecule has 2 N–H and O–H groups in total. The lowest BCUT2D eigenvalue weighted by atomic mass is 10.2. The normalized spacial score (nSPS) is 17.5. The zero-order chi connectivity index (χ0) is 14.3. The monoisotopic (exact) mass is 307 g/mol. The molecule has 2 rings (SSSR count). The van der Waals surface area contributed by atoms with Crippen LogP contribution in [0.1, 0.15) is 25.3 Å². The van der Waals surface area contributed by atoms with Crippen LogP contribution in [0.15, 0.2) is 17.0 Å². The van der Waals surface area contributed by atoms with Crippen molar-refractivity contribution in [2.75, 3.05) is 6.54 Å². The Morgan fingerprint density at radius 1 is 1.47 bits per heavy atom. The lowest BCUT2D eigenvalue weighted by Gasteiger charge is -2.12. The molecule has 1 aliphatic carbocycles. The van der Waals surface area contributed by atoms with Gasteiger partial charge in [-0.25, -0.2) is 17.5 Å². The molecule has 0 aromatic heterocycles. The Kier molecular flexibility index (Phi) is 3.88. The first-order chi connectivity index (χ1) is 8.77. The standard InChI is InChI=1S/C12H15ClFNO3S/c1-12(2-3-12)7-15-19(17,18)9-4-8(6-16)11(13)10(14)5-9/h4-5,15-16H,2-3,6-7H2,1H3. The van der Waals surface area contributed by atoms with Gasteiger partial charge in [-0.1, -0.05) is 18.5 Å². The van der Waals surface area contributed by atoms with Crippen LogP contribution in [0.5, 0.6) is 0 Å². The van der Waals surface area contributed by atoms with Gasteiger partial charge in [0.2, 0.25) is 10.0 Å². The Labute approximate surface area is 116 Å². The Morgan fingerprint density at radius 2 is 2.11 bits per heavy atom. The highest BCUT2D eigenvalue weighted by molar-refractivity contribution is 7.89. The molecule has 1 saturated carbocycles. The van der Waals surface area contributed by atoms with E-state index in [0.29, 0.717) is 6.54 Å². The van der Waals surface area contributed by atoms with E-state index < -0.39 is 22.4 Å². The Hall–Kier alpha value is -0.690. The fraction of sp³-hybridized carbons (Fsp3) is 0.500. The number of aliphatic hydroxyl groups is 1. The molecule has 1 aromatic carbocycles. The van der Waals surface area contributed by atoms with E-state index in [9.17, 15) is 12.8 Å². The first kappa shape index (κ1) is 14.7. The van der Waals surface area contributed by atoms with Gasteiger partial charge in [0.1, 0.15) is 5.82 Å². The first-order valence-corrected chi connectivity index (χ1v) is 7.72.